The van der Waals surface area contributed by atoms with E-state index in [4.69, 9.17) is 28.5 Å². The number of hydrogen-bond donors (Lipinski definition) is 0. The standard InChI is InChI=1S/C14H14Cl2N2OS/c1-9-4-2-3-5-18(9)14(19)10-6-11(15)13(20-8-17)12(16)7-10/h6-7,9H,2-5H2,1H3/t9-/m1/s1. The van der Waals surface area contributed by atoms with Crippen molar-refractivity contribution in [3.63, 3.8) is 0 Å². The molecule has 0 radical (unpaired) electrons. The lowest BCUT2D eigenvalue weighted by Gasteiger charge is -2.33. The average molecular weight is 329 g/mol. The fourth-order valence-electron chi connectivity index (χ4n) is 2.39. The Bertz CT molecular complexity index is 548. The smallest absolute Gasteiger partial charge is 0.254 e. The number of nitrogens with zero attached hydrogens (tertiary/aromatic N) is 2. The van der Waals surface area contributed by atoms with Crippen LogP contribution in [0.5, 0.6) is 0 Å². The fraction of sp³-hybridized carbons (Fsp3) is 0.429. The molecule has 0 saturated carbocycles. The predicted molar refractivity (Wildman–Crippen MR) is 82.3 cm³/mol. The second-order valence-electron chi connectivity index (χ2n) is 4.81. The quantitative estimate of drug-likeness (QED) is 0.589. The van der Waals surface area contributed by atoms with Gasteiger partial charge in [0.25, 0.3) is 5.91 Å². The summed E-state index contributed by atoms with van der Waals surface area (Å²) in [5, 5.41) is 11.3. The number of nitriles is 1. The van der Waals surface area contributed by atoms with E-state index in [0.717, 1.165) is 37.6 Å². The number of benzene rings is 1. The molecule has 1 heterocycles. The Balaban J connectivity index is 2.29. The second-order valence-corrected chi connectivity index (χ2v) is 6.42. The molecule has 1 atom stereocenters. The van der Waals surface area contributed by atoms with E-state index in [1.807, 2.05) is 10.3 Å². The molecule has 0 N–H and O–H groups in total. The van der Waals surface area contributed by atoms with Gasteiger partial charge in [-0.2, -0.15) is 5.26 Å². The highest BCUT2D eigenvalue weighted by Gasteiger charge is 2.25. The number of amides is 1. The molecule has 1 aliphatic heterocycles. The number of thiocyanates is 1. The first-order chi connectivity index (χ1) is 9.54. The molecule has 1 fully saturated rings. The second kappa shape index (κ2) is 6.71. The highest BCUT2D eigenvalue weighted by Crippen LogP contribution is 2.35. The Morgan fingerprint density at radius 1 is 1.40 bits per heavy atom. The molecule has 1 aliphatic rings. The molecule has 0 bridgehead atoms. The van der Waals surface area contributed by atoms with Crippen LogP contribution in [-0.2, 0) is 0 Å². The molecular weight excluding hydrogens is 315 g/mol. The summed E-state index contributed by atoms with van der Waals surface area (Å²) in [6.07, 6.45) is 3.21. The molecule has 0 aromatic heterocycles. The first-order valence-electron chi connectivity index (χ1n) is 6.40. The molecule has 1 amide bonds. The monoisotopic (exact) mass is 328 g/mol. The molecule has 0 aliphatic carbocycles. The van der Waals surface area contributed by atoms with Gasteiger partial charge in [-0.25, -0.2) is 0 Å². The van der Waals surface area contributed by atoms with Crippen LogP contribution < -0.4 is 0 Å². The molecule has 1 saturated heterocycles. The average Bonchev–Trinajstić information content (AvgIpc) is 2.42. The van der Waals surface area contributed by atoms with Crippen molar-refractivity contribution in [3.05, 3.63) is 27.7 Å². The van der Waals surface area contributed by atoms with Crippen LogP contribution in [0.2, 0.25) is 10.0 Å². The Hall–Kier alpha value is -0.890. The van der Waals surface area contributed by atoms with Crippen molar-refractivity contribution in [2.24, 2.45) is 0 Å². The summed E-state index contributed by atoms with van der Waals surface area (Å²) in [5.41, 5.74) is 0.482. The highest BCUT2D eigenvalue weighted by molar-refractivity contribution is 8.04. The molecule has 0 spiro atoms. The minimum atomic E-state index is -0.0468. The third-order valence-corrected chi connectivity index (χ3v) is 5.01. The third kappa shape index (κ3) is 3.22. The van der Waals surface area contributed by atoms with Gasteiger partial charge in [-0.1, -0.05) is 23.2 Å². The molecule has 0 unspecified atom stereocenters. The van der Waals surface area contributed by atoms with Gasteiger partial charge in [0.05, 0.1) is 14.9 Å². The number of thioether (sulfide) groups is 1. The van der Waals surface area contributed by atoms with Crippen LogP contribution in [0, 0.1) is 10.7 Å². The fourth-order valence-corrected chi connectivity index (χ4v) is 3.51. The zero-order chi connectivity index (χ0) is 14.7. The summed E-state index contributed by atoms with van der Waals surface area (Å²) in [7, 11) is 0. The number of carbonyl (C=O) groups is 1. The van der Waals surface area contributed by atoms with Gasteiger partial charge in [-0.15, -0.1) is 0 Å². The van der Waals surface area contributed by atoms with Crippen LogP contribution in [0.3, 0.4) is 0 Å². The maximum atomic E-state index is 12.5. The van der Waals surface area contributed by atoms with Gasteiger partial charge >= 0.3 is 0 Å². The van der Waals surface area contributed by atoms with Gasteiger partial charge < -0.3 is 4.90 Å². The minimum Gasteiger partial charge on any atom is -0.336 e. The van der Waals surface area contributed by atoms with Crippen molar-refractivity contribution < 1.29 is 4.79 Å². The van der Waals surface area contributed by atoms with Crippen molar-refractivity contribution >= 4 is 40.9 Å². The van der Waals surface area contributed by atoms with Gasteiger partial charge in [0.15, 0.2) is 0 Å². The minimum absolute atomic E-state index is 0.0468. The van der Waals surface area contributed by atoms with Gasteiger partial charge in [0.1, 0.15) is 5.40 Å². The maximum absolute atomic E-state index is 12.5. The Morgan fingerprint density at radius 3 is 2.60 bits per heavy atom. The maximum Gasteiger partial charge on any atom is 0.254 e. The first kappa shape index (κ1) is 15.5. The van der Waals surface area contributed by atoms with Crippen LogP contribution in [0.15, 0.2) is 17.0 Å². The first-order valence-corrected chi connectivity index (χ1v) is 7.97. The molecule has 2 rings (SSSR count). The van der Waals surface area contributed by atoms with Crippen molar-refractivity contribution in [1.29, 1.82) is 5.26 Å². The number of piperidine rings is 1. The molecule has 1 aromatic rings. The lowest BCUT2D eigenvalue weighted by Crippen LogP contribution is -2.42. The zero-order valence-electron chi connectivity index (χ0n) is 11.0. The van der Waals surface area contributed by atoms with Gasteiger partial charge in [0, 0.05) is 18.2 Å². The van der Waals surface area contributed by atoms with E-state index in [0.29, 0.717) is 20.5 Å². The van der Waals surface area contributed by atoms with Gasteiger partial charge in [-0.3, -0.25) is 4.79 Å². The zero-order valence-corrected chi connectivity index (χ0v) is 13.4. The van der Waals surface area contributed by atoms with E-state index in [1.165, 1.54) is 0 Å². The van der Waals surface area contributed by atoms with Crippen LogP contribution in [0.1, 0.15) is 36.5 Å². The number of likely N-dealkylation sites (tertiary alicyclic amines) is 1. The van der Waals surface area contributed by atoms with E-state index >= 15 is 0 Å². The Labute approximate surface area is 132 Å². The summed E-state index contributed by atoms with van der Waals surface area (Å²) in [5.74, 6) is -0.0468. The number of carbonyl (C=O) groups excluding carboxylic acids is 1. The summed E-state index contributed by atoms with van der Waals surface area (Å²) in [6, 6.07) is 3.43. The van der Waals surface area contributed by atoms with Crippen molar-refractivity contribution in [3.8, 4) is 5.40 Å². The molecular formula is C14H14Cl2N2OS. The summed E-state index contributed by atoms with van der Waals surface area (Å²) < 4.78 is 0. The van der Waals surface area contributed by atoms with Crippen molar-refractivity contribution in [1.82, 2.24) is 4.90 Å². The van der Waals surface area contributed by atoms with Gasteiger partial charge in [0.2, 0.25) is 0 Å². The third-order valence-electron chi connectivity index (χ3n) is 3.46. The lowest BCUT2D eigenvalue weighted by atomic mass is 10.0. The van der Waals surface area contributed by atoms with Crippen LogP contribution >= 0.6 is 35.0 Å². The van der Waals surface area contributed by atoms with Crippen LogP contribution in [-0.4, -0.2) is 23.4 Å². The van der Waals surface area contributed by atoms with Gasteiger partial charge in [-0.05, 0) is 50.1 Å². The highest BCUT2D eigenvalue weighted by atomic mass is 35.5. The van der Waals surface area contributed by atoms with Crippen molar-refractivity contribution in [2.45, 2.75) is 37.1 Å². The lowest BCUT2D eigenvalue weighted by molar-refractivity contribution is 0.0635. The number of halogens is 2. The van der Waals surface area contributed by atoms with E-state index in [2.05, 4.69) is 6.92 Å². The number of hydrogen-bond acceptors (Lipinski definition) is 3. The molecule has 106 valence electrons. The van der Waals surface area contributed by atoms with E-state index in [1.54, 1.807) is 12.1 Å². The van der Waals surface area contributed by atoms with E-state index < -0.39 is 0 Å². The summed E-state index contributed by atoms with van der Waals surface area (Å²) >= 11 is 13.1. The molecule has 6 heteroatoms. The van der Waals surface area contributed by atoms with Crippen molar-refractivity contribution in [2.75, 3.05) is 6.54 Å². The topological polar surface area (TPSA) is 44.1 Å². The normalized spacial score (nSPS) is 18.7. The molecule has 20 heavy (non-hydrogen) atoms. The summed E-state index contributed by atoms with van der Waals surface area (Å²) in [6.45, 7) is 2.82. The molecule has 3 nitrogen and oxygen atoms in total. The van der Waals surface area contributed by atoms with E-state index in [9.17, 15) is 4.79 Å². The van der Waals surface area contributed by atoms with Crippen LogP contribution in [0.4, 0.5) is 0 Å². The van der Waals surface area contributed by atoms with E-state index in [-0.39, 0.29) is 11.9 Å². The molecule has 1 aromatic carbocycles. The van der Waals surface area contributed by atoms with Crippen LogP contribution in [0.25, 0.3) is 0 Å². The number of rotatable bonds is 2. The summed E-state index contributed by atoms with van der Waals surface area (Å²) in [4.78, 5) is 14.9. The Morgan fingerprint density at radius 2 is 2.05 bits per heavy atom. The SMILES string of the molecule is C[C@@H]1CCCCN1C(=O)c1cc(Cl)c(SC#N)c(Cl)c1. The Kier molecular flexibility index (Phi) is 5.20. The largest absolute Gasteiger partial charge is 0.336 e. The predicted octanol–water partition coefficient (Wildman–Crippen LogP) is 4.58.